The Hall–Kier alpha value is -2.54. The molecule has 0 fully saturated rings. The number of carbonyl (C=O) groups excluding carboxylic acids is 2. The molecule has 0 aliphatic heterocycles. The van der Waals surface area contributed by atoms with Crippen LogP contribution in [0.15, 0.2) is 41.1 Å². The lowest BCUT2D eigenvalue weighted by Gasteiger charge is -2.13. The van der Waals surface area contributed by atoms with Crippen LogP contribution in [0, 0.1) is 11.7 Å². The van der Waals surface area contributed by atoms with E-state index in [0.717, 1.165) is 0 Å². The fraction of sp³-hybridized carbons (Fsp3) is 0.389. The zero-order valence-corrected chi connectivity index (χ0v) is 14.4. The molecule has 0 saturated heterocycles. The summed E-state index contributed by atoms with van der Waals surface area (Å²) in [5, 5.41) is 15.4. The molecule has 0 radical (unpaired) electrons. The molecular weight excluding hydrogens is 327 g/mol. The molecule has 0 spiro atoms. The van der Waals surface area contributed by atoms with Crippen molar-refractivity contribution in [3.63, 3.8) is 0 Å². The highest BCUT2D eigenvalue weighted by Gasteiger charge is 2.18. The van der Waals surface area contributed by atoms with Crippen molar-refractivity contribution in [1.29, 1.82) is 0 Å². The summed E-state index contributed by atoms with van der Waals surface area (Å²) in [4.78, 5) is 28.3. The molecule has 136 valence electrons. The lowest BCUT2D eigenvalue weighted by atomic mass is 10.1. The van der Waals surface area contributed by atoms with Crippen LogP contribution in [0.5, 0.6) is 0 Å². The van der Waals surface area contributed by atoms with Crippen molar-refractivity contribution in [3.8, 4) is 0 Å². The van der Waals surface area contributed by atoms with Crippen LogP contribution in [-0.2, 0) is 20.8 Å². The summed E-state index contributed by atoms with van der Waals surface area (Å²) in [7, 11) is 1.27. The summed E-state index contributed by atoms with van der Waals surface area (Å²) >= 11 is 0. The number of aliphatic hydroxyl groups excluding tert-OH is 1. The summed E-state index contributed by atoms with van der Waals surface area (Å²) in [5.74, 6) is -1.04. The Bertz CT molecular complexity index is 640. The molecule has 1 rings (SSSR count). The molecule has 0 aromatic heterocycles. The first kappa shape index (κ1) is 20.5. The minimum atomic E-state index is -0.577. The first-order valence-corrected chi connectivity index (χ1v) is 7.96. The van der Waals surface area contributed by atoms with E-state index in [0.29, 0.717) is 18.3 Å². The van der Waals surface area contributed by atoms with E-state index in [-0.39, 0.29) is 42.6 Å². The molecule has 1 aromatic rings. The molecule has 1 aromatic carbocycles. The van der Waals surface area contributed by atoms with Crippen molar-refractivity contribution in [2.75, 3.05) is 20.3 Å². The standard InChI is InChI=1S/C18H23FN2O4/c1-3-13(11-22)10-20-18(24)17(21-25-2)15(12-23)8-7-14-5-4-6-16(19)9-14/h4-6,8-9,12-13,22H,3,7,10-11H2,1-2H3,(H,20,24)/b15-8+,21-17+. The fourth-order valence-corrected chi connectivity index (χ4v) is 2.07. The van der Waals surface area contributed by atoms with Gasteiger partial charge >= 0.3 is 0 Å². The number of carbonyl (C=O) groups is 2. The molecule has 1 unspecified atom stereocenters. The van der Waals surface area contributed by atoms with Gasteiger partial charge in [0.25, 0.3) is 5.91 Å². The summed E-state index contributed by atoms with van der Waals surface area (Å²) in [5.41, 5.74) is 0.533. The molecule has 6 nitrogen and oxygen atoms in total. The molecular formula is C18H23FN2O4. The van der Waals surface area contributed by atoms with E-state index < -0.39 is 5.91 Å². The highest BCUT2D eigenvalue weighted by atomic mass is 19.1. The maximum absolute atomic E-state index is 13.2. The van der Waals surface area contributed by atoms with Gasteiger partial charge in [-0.1, -0.05) is 30.3 Å². The number of halogens is 1. The highest BCUT2D eigenvalue weighted by Crippen LogP contribution is 2.07. The van der Waals surface area contributed by atoms with E-state index in [9.17, 15) is 14.0 Å². The third kappa shape index (κ3) is 6.84. The number of hydrogen-bond donors (Lipinski definition) is 2. The number of nitrogens with zero attached hydrogens (tertiary/aromatic N) is 1. The number of aliphatic hydroxyl groups is 1. The second kappa shape index (κ2) is 11.1. The number of allylic oxidation sites excluding steroid dienone is 1. The predicted octanol–water partition coefficient (Wildman–Crippen LogP) is 1.63. The van der Waals surface area contributed by atoms with Crippen molar-refractivity contribution < 1.29 is 23.9 Å². The highest BCUT2D eigenvalue weighted by molar-refractivity contribution is 6.49. The first-order chi connectivity index (χ1) is 12.0. The molecule has 0 heterocycles. The third-order valence-corrected chi connectivity index (χ3v) is 3.63. The minimum Gasteiger partial charge on any atom is -0.398 e. The zero-order valence-electron chi connectivity index (χ0n) is 14.4. The second-order valence-corrected chi connectivity index (χ2v) is 5.40. The summed E-state index contributed by atoms with van der Waals surface area (Å²) in [6.45, 7) is 2.10. The summed E-state index contributed by atoms with van der Waals surface area (Å²) < 4.78 is 13.2. The number of rotatable bonds is 10. The zero-order chi connectivity index (χ0) is 18.7. The van der Waals surface area contributed by atoms with Crippen LogP contribution in [0.3, 0.4) is 0 Å². The average molecular weight is 350 g/mol. The molecule has 0 aliphatic rings. The SMILES string of the molecule is CCC(CO)CNC(=O)C(=N/OC)/C(C=O)=C/Cc1cccc(F)c1. The van der Waals surface area contributed by atoms with Gasteiger partial charge in [-0.3, -0.25) is 9.59 Å². The Morgan fingerprint density at radius 1 is 1.48 bits per heavy atom. The van der Waals surface area contributed by atoms with Gasteiger partial charge in [0.2, 0.25) is 0 Å². The molecule has 0 saturated carbocycles. The number of hydrogen-bond acceptors (Lipinski definition) is 5. The number of benzene rings is 1. The van der Waals surface area contributed by atoms with Crippen LogP contribution in [-0.4, -0.2) is 43.3 Å². The van der Waals surface area contributed by atoms with E-state index in [1.807, 2.05) is 6.92 Å². The number of oxime groups is 1. The van der Waals surface area contributed by atoms with E-state index in [4.69, 9.17) is 5.11 Å². The lowest BCUT2D eigenvalue weighted by molar-refractivity contribution is -0.115. The van der Waals surface area contributed by atoms with Gasteiger partial charge in [0.1, 0.15) is 12.9 Å². The monoisotopic (exact) mass is 350 g/mol. The van der Waals surface area contributed by atoms with Crippen LogP contribution in [0.2, 0.25) is 0 Å². The van der Waals surface area contributed by atoms with Gasteiger partial charge in [0.15, 0.2) is 12.0 Å². The van der Waals surface area contributed by atoms with Gasteiger partial charge < -0.3 is 15.3 Å². The van der Waals surface area contributed by atoms with Crippen molar-refractivity contribution in [2.45, 2.75) is 19.8 Å². The Morgan fingerprint density at radius 2 is 2.24 bits per heavy atom. The smallest absolute Gasteiger partial charge is 0.274 e. The van der Waals surface area contributed by atoms with Gasteiger partial charge in [-0.25, -0.2) is 4.39 Å². The van der Waals surface area contributed by atoms with Crippen LogP contribution in [0.1, 0.15) is 18.9 Å². The van der Waals surface area contributed by atoms with E-state index in [2.05, 4.69) is 15.3 Å². The predicted molar refractivity (Wildman–Crippen MR) is 92.6 cm³/mol. The van der Waals surface area contributed by atoms with Crippen molar-refractivity contribution in [2.24, 2.45) is 11.1 Å². The van der Waals surface area contributed by atoms with Crippen molar-refractivity contribution in [1.82, 2.24) is 5.32 Å². The number of nitrogens with one attached hydrogen (secondary N) is 1. The fourth-order valence-electron chi connectivity index (χ4n) is 2.07. The van der Waals surface area contributed by atoms with Gasteiger partial charge in [0.05, 0.1) is 0 Å². The van der Waals surface area contributed by atoms with Crippen molar-refractivity contribution >= 4 is 17.9 Å². The van der Waals surface area contributed by atoms with E-state index in [1.165, 1.54) is 25.3 Å². The van der Waals surface area contributed by atoms with Crippen molar-refractivity contribution in [3.05, 3.63) is 47.3 Å². The van der Waals surface area contributed by atoms with Gasteiger partial charge in [0, 0.05) is 18.7 Å². The molecule has 7 heteroatoms. The largest absolute Gasteiger partial charge is 0.398 e. The van der Waals surface area contributed by atoms with Gasteiger partial charge in [-0.2, -0.15) is 0 Å². The minimum absolute atomic E-state index is 0.0423. The maximum Gasteiger partial charge on any atom is 0.274 e. The third-order valence-electron chi connectivity index (χ3n) is 3.63. The van der Waals surface area contributed by atoms with E-state index >= 15 is 0 Å². The summed E-state index contributed by atoms with van der Waals surface area (Å²) in [6.07, 6.45) is 2.95. The Morgan fingerprint density at radius 3 is 2.80 bits per heavy atom. The topological polar surface area (TPSA) is 88.0 Å². The summed E-state index contributed by atoms with van der Waals surface area (Å²) in [6, 6.07) is 5.95. The normalized spacial score (nSPS) is 13.3. The quantitative estimate of drug-likeness (QED) is 0.291. The second-order valence-electron chi connectivity index (χ2n) is 5.40. The first-order valence-electron chi connectivity index (χ1n) is 7.96. The molecule has 0 bridgehead atoms. The maximum atomic E-state index is 13.2. The average Bonchev–Trinajstić information content (AvgIpc) is 2.62. The Labute approximate surface area is 146 Å². The van der Waals surface area contributed by atoms with Gasteiger partial charge in [-0.05, 0) is 36.5 Å². The van der Waals surface area contributed by atoms with Crippen LogP contribution in [0.4, 0.5) is 4.39 Å². The molecule has 1 atom stereocenters. The number of aldehydes is 1. The van der Waals surface area contributed by atoms with E-state index in [1.54, 1.807) is 12.1 Å². The van der Waals surface area contributed by atoms with Gasteiger partial charge in [-0.15, -0.1) is 0 Å². The molecule has 2 N–H and O–H groups in total. The molecule has 0 aliphatic carbocycles. The van der Waals surface area contributed by atoms with Crippen LogP contribution >= 0.6 is 0 Å². The lowest BCUT2D eigenvalue weighted by Crippen LogP contribution is -2.36. The molecule has 25 heavy (non-hydrogen) atoms. The number of amides is 1. The Kier molecular flexibility index (Phi) is 9.10. The molecule has 1 amide bonds. The Balaban J connectivity index is 2.89. The van der Waals surface area contributed by atoms with Crippen LogP contribution in [0.25, 0.3) is 0 Å². The van der Waals surface area contributed by atoms with Crippen LogP contribution < -0.4 is 5.32 Å².